The molecule has 1 aliphatic rings. The SMILES string of the molecule is Clc1nc(NCC(c2ccccc2)N2CCCCC2)c2ccccc2n1. The van der Waals surface area contributed by atoms with Crippen molar-refractivity contribution in [1.82, 2.24) is 14.9 Å². The first-order valence-corrected chi connectivity index (χ1v) is 9.64. The molecule has 26 heavy (non-hydrogen) atoms. The van der Waals surface area contributed by atoms with Gasteiger partial charge in [-0.3, -0.25) is 4.90 Å². The highest BCUT2D eigenvalue weighted by Gasteiger charge is 2.22. The van der Waals surface area contributed by atoms with Gasteiger partial charge in [0, 0.05) is 11.9 Å². The summed E-state index contributed by atoms with van der Waals surface area (Å²) >= 11 is 6.13. The third kappa shape index (κ3) is 3.81. The highest BCUT2D eigenvalue weighted by Crippen LogP contribution is 2.27. The van der Waals surface area contributed by atoms with E-state index in [4.69, 9.17) is 11.6 Å². The Morgan fingerprint density at radius 3 is 2.46 bits per heavy atom. The highest BCUT2D eigenvalue weighted by atomic mass is 35.5. The van der Waals surface area contributed by atoms with Crippen LogP contribution in [0.1, 0.15) is 30.9 Å². The Kier molecular flexibility index (Phi) is 5.32. The molecule has 1 aromatic heterocycles. The molecule has 1 unspecified atom stereocenters. The van der Waals surface area contributed by atoms with Gasteiger partial charge in [0.25, 0.3) is 0 Å². The van der Waals surface area contributed by atoms with Crippen molar-refractivity contribution in [2.75, 3.05) is 25.0 Å². The predicted octanol–water partition coefficient (Wildman–Crippen LogP) is 4.92. The minimum absolute atomic E-state index is 0.278. The van der Waals surface area contributed by atoms with Gasteiger partial charge in [-0.15, -0.1) is 0 Å². The number of likely N-dealkylation sites (tertiary alicyclic amines) is 1. The van der Waals surface area contributed by atoms with Crippen LogP contribution in [0.4, 0.5) is 5.82 Å². The molecule has 0 spiro atoms. The topological polar surface area (TPSA) is 41.1 Å². The molecule has 2 aromatic carbocycles. The van der Waals surface area contributed by atoms with E-state index >= 15 is 0 Å². The Hall–Kier alpha value is -2.17. The van der Waals surface area contributed by atoms with Crippen LogP contribution in [-0.2, 0) is 0 Å². The number of anilines is 1. The van der Waals surface area contributed by atoms with Gasteiger partial charge < -0.3 is 5.32 Å². The highest BCUT2D eigenvalue weighted by molar-refractivity contribution is 6.28. The number of piperidine rings is 1. The summed E-state index contributed by atoms with van der Waals surface area (Å²) in [5, 5.41) is 4.83. The van der Waals surface area contributed by atoms with E-state index in [0.29, 0.717) is 6.04 Å². The van der Waals surface area contributed by atoms with Crippen LogP contribution in [0.25, 0.3) is 10.9 Å². The lowest BCUT2D eigenvalue weighted by atomic mass is 10.0. The van der Waals surface area contributed by atoms with Crippen LogP contribution in [0.2, 0.25) is 5.28 Å². The maximum absolute atomic E-state index is 6.13. The third-order valence-corrected chi connectivity index (χ3v) is 5.22. The summed E-state index contributed by atoms with van der Waals surface area (Å²) in [4.78, 5) is 11.3. The van der Waals surface area contributed by atoms with Gasteiger partial charge in [0.1, 0.15) is 5.82 Å². The number of fused-ring (bicyclic) bond motifs is 1. The first kappa shape index (κ1) is 17.3. The fourth-order valence-corrected chi connectivity index (χ4v) is 3.91. The first-order chi connectivity index (χ1) is 12.8. The van der Waals surface area contributed by atoms with E-state index in [-0.39, 0.29) is 5.28 Å². The standard InChI is InChI=1S/C21H23ClN4/c22-21-24-18-12-6-5-11-17(18)20(25-21)23-15-19(16-9-3-1-4-10-16)26-13-7-2-8-14-26/h1,3-6,9-12,19H,2,7-8,13-15H2,(H,23,24,25). The quantitative estimate of drug-likeness (QED) is 0.650. The molecule has 4 rings (SSSR count). The molecule has 0 aliphatic carbocycles. The Bertz CT molecular complexity index is 862. The zero-order valence-corrected chi connectivity index (χ0v) is 15.5. The van der Waals surface area contributed by atoms with Crippen molar-refractivity contribution in [3.63, 3.8) is 0 Å². The van der Waals surface area contributed by atoms with Crippen LogP contribution < -0.4 is 5.32 Å². The Balaban J connectivity index is 1.60. The maximum atomic E-state index is 6.13. The zero-order valence-electron chi connectivity index (χ0n) is 14.7. The fourth-order valence-electron chi connectivity index (χ4n) is 3.74. The zero-order chi connectivity index (χ0) is 17.8. The monoisotopic (exact) mass is 366 g/mol. The second-order valence-corrected chi connectivity index (χ2v) is 7.10. The van der Waals surface area contributed by atoms with Crippen molar-refractivity contribution < 1.29 is 0 Å². The Morgan fingerprint density at radius 1 is 0.923 bits per heavy atom. The molecule has 1 N–H and O–H groups in total. The van der Waals surface area contributed by atoms with E-state index in [0.717, 1.165) is 36.4 Å². The van der Waals surface area contributed by atoms with E-state index < -0.39 is 0 Å². The van der Waals surface area contributed by atoms with Gasteiger partial charge >= 0.3 is 0 Å². The average Bonchev–Trinajstić information content (AvgIpc) is 2.69. The number of rotatable bonds is 5. The summed E-state index contributed by atoms with van der Waals surface area (Å²) in [6.07, 6.45) is 3.87. The molecule has 5 heteroatoms. The van der Waals surface area contributed by atoms with E-state index in [1.165, 1.54) is 24.8 Å². The number of halogens is 1. The second-order valence-electron chi connectivity index (χ2n) is 6.76. The molecule has 1 saturated heterocycles. The van der Waals surface area contributed by atoms with Gasteiger partial charge in [-0.2, -0.15) is 0 Å². The van der Waals surface area contributed by atoms with Crippen LogP contribution in [0, 0.1) is 0 Å². The number of para-hydroxylation sites is 1. The summed E-state index contributed by atoms with van der Waals surface area (Å²) in [5.74, 6) is 0.804. The van der Waals surface area contributed by atoms with Crippen LogP contribution in [0.5, 0.6) is 0 Å². The molecule has 0 radical (unpaired) electrons. The normalized spacial score (nSPS) is 16.5. The molecule has 134 valence electrons. The van der Waals surface area contributed by atoms with Crippen molar-refractivity contribution in [2.45, 2.75) is 25.3 Å². The molecular weight excluding hydrogens is 344 g/mol. The summed E-state index contributed by atoms with van der Waals surface area (Å²) in [6.45, 7) is 3.08. The molecule has 0 bridgehead atoms. The third-order valence-electron chi connectivity index (χ3n) is 5.05. The van der Waals surface area contributed by atoms with Gasteiger partial charge in [0.05, 0.1) is 11.6 Å². The van der Waals surface area contributed by atoms with Crippen LogP contribution >= 0.6 is 11.6 Å². The number of nitrogens with zero attached hydrogens (tertiary/aromatic N) is 3. The van der Waals surface area contributed by atoms with Crippen LogP contribution in [0.3, 0.4) is 0 Å². The lowest BCUT2D eigenvalue weighted by Crippen LogP contribution is -2.37. The number of hydrogen-bond donors (Lipinski definition) is 1. The Morgan fingerprint density at radius 2 is 1.65 bits per heavy atom. The van der Waals surface area contributed by atoms with Crippen molar-refractivity contribution in [1.29, 1.82) is 0 Å². The minimum Gasteiger partial charge on any atom is -0.367 e. The van der Waals surface area contributed by atoms with Crippen molar-refractivity contribution in [3.05, 3.63) is 65.4 Å². The molecule has 0 saturated carbocycles. The first-order valence-electron chi connectivity index (χ1n) is 9.26. The second kappa shape index (κ2) is 8.02. The smallest absolute Gasteiger partial charge is 0.224 e. The lowest BCUT2D eigenvalue weighted by molar-refractivity contribution is 0.170. The van der Waals surface area contributed by atoms with Crippen molar-refractivity contribution >= 4 is 28.3 Å². The molecule has 0 amide bonds. The predicted molar refractivity (Wildman–Crippen MR) is 108 cm³/mol. The summed E-state index contributed by atoms with van der Waals surface area (Å²) in [7, 11) is 0. The summed E-state index contributed by atoms with van der Waals surface area (Å²) in [5.41, 5.74) is 2.20. The van der Waals surface area contributed by atoms with Crippen molar-refractivity contribution in [3.8, 4) is 0 Å². The molecule has 1 atom stereocenters. The van der Waals surface area contributed by atoms with Crippen molar-refractivity contribution in [2.24, 2.45) is 0 Å². The molecule has 1 fully saturated rings. The molecular formula is C21H23ClN4. The Labute approximate surface area is 159 Å². The molecule has 2 heterocycles. The fraction of sp³-hybridized carbons (Fsp3) is 0.333. The van der Waals surface area contributed by atoms with Gasteiger partial charge in [-0.05, 0) is 55.2 Å². The van der Waals surface area contributed by atoms with Gasteiger partial charge in [0.15, 0.2) is 0 Å². The molecule has 3 aromatic rings. The minimum atomic E-state index is 0.278. The number of nitrogens with one attached hydrogen (secondary N) is 1. The van der Waals surface area contributed by atoms with Gasteiger partial charge in [-0.1, -0.05) is 48.9 Å². The number of aromatic nitrogens is 2. The number of benzene rings is 2. The number of hydrogen-bond acceptors (Lipinski definition) is 4. The summed E-state index contributed by atoms with van der Waals surface area (Å²) in [6, 6.07) is 19.0. The average molecular weight is 367 g/mol. The van der Waals surface area contributed by atoms with Crippen LogP contribution in [0.15, 0.2) is 54.6 Å². The maximum Gasteiger partial charge on any atom is 0.224 e. The van der Waals surface area contributed by atoms with E-state index in [1.807, 2.05) is 24.3 Å². The van der Waals surface area contributed by atoms with Crippen LogP contribution in [-0.4, -0.2) is 34.5 Å². The summed E-state index contributed by atoms with van der Waals surface area (Å²) < 4.78 is 0. The molecule has 4 nitrogen and oxygen atoms in total. The van der Waals surface area contributed by atoms with E-state index in [1.54, 1.807) is 0 Å². The van der Waals surface area contributed by atoms with E-state index in [9.17, 15) is 0 Å². The van der Waals surface area contributed by atoms with Gasteiger partial charge in [-0.25, -0.2) is 9.97 Å². The van der Waals surface area contributed by atoms with Gasteiger partial charge in [0.2, 0.25) is 5.28 Å². The molecule has 1 aliphatic heterocycles. The van der Waals surface area contributed by atoms with E-state index in [2.05, 4.69) is 50.5 Å². The lowest BCUT2D eigenvalue weighted by Gasteiger charge is -2.35. The largest absolute Gasteiger partial charge is 0.367 e.